The van der Waals surface area contributed by atoms with Crippen molar-refractivity contribution in [1.29, 1.82) is 0 Å². The van der Waals surface area contributed by atoms with Crippen LogP contribution in [-0.4, -0.2) is 12.8 Å². The van der Waals surface area contributed by atoms with E-state index in [2.05, 4.69) is 63.7 Å². The van der Waals surface area contributed by atoms with Crippen LogP contribution >= 0.6 is 75.3 Å². The molecule has 56 valence electrons. The summed E-state index contributed by atoms with van der Waals surface area (Å²) in [6.45, 7) is 0. The molecule has 0 aliphatic rings. The van der Waals surface area contributed by atoms with Gasteiger partial charge in [0.05, 0.1) is 4.83 Å². The van der Waals surface area contributed by atoms with Crippen LogP contribution < -0.4 is 0 Å². The molecule has 0 N–H and O–H groups in total. The van der Waals surface area contributed by atoms with Crippen molar-refractivity contribution in [3.63, 3.8) is 0 Å². The minimum Gasteiger partial charge on any atom is -0.0928 e. The summed E-state index contributed by atoms with van der Waals surface area (Å²) in [7, 11) is 0. The zero-order valence-electron chi connectivity index (χ0n) is 4.38. The molecule has 0 saturated carbocycles. The van der Waals surface area contributed by atoms with Gasteiger partial charge < -0.3 is 0 Å². The number of rotatable bonds is 3. The standard InChI is InChI=1S/C4H5Br4Cl/c5-2-1-3(6)4(7,8)9/h3H,1-2H2. The van der Waals surface area contributed by atoms with Gasteiger partial charge in [-0.3, -0.25) is 0 Å². The smallest absolute Gasteiger partial charge is 0.0928 e. The van der Waals surface area contributed by atoms with Crippen molar-refractivity contribution in [3.05, 3.63) is 0 Å². The fourth-order valence-electron chi connectivity index (χ4n) is 0.259. The average Bonchev–Trinajstić information content (AvgIpc) is 1.64. The molecule has 1 atom stereocenters. The molecule has 0 nitrogen and oxygen atoms in total. The largest absolute Gasteiger partial charge is 0.165 e. The first-order chi connectivity index (χ1) is 3.98. The highest BCUT2D eigenvalue weighted by Gasteiger charge is 2.27. The molecule has 0 rings (SSSR count). The van der Waals surface area contributed by atoms with Gasteiger partial charge in [-0.25, -0.2) is 0 Å². The molecule has 0 bridgehead atoms. The lowest BCUT2D eigenvalue weighted by Crippen LogP contribution is -2.17. The lowest BCUT2D eigenvalue weighted by molar-refractivity contribution is 0.903. The monoisotopic (exact) mass is 404 g/mol. The second-order valence-corrected chi connectivity index (χ2v) is 8.46. The first-order valence-corrected chi connectivity index (χ1v) is 6.25. The molecule has 0 radical (unpaired) electrons. The van der Waals surface area contributed by atoms with E-state index >= 15 is 0 Å². The van der Waals surface area contributed by atoms with Crippen LogP contribution in [-0.2, 0) is 0 Å². The zero-order valence-corrected chi connectivity index (χ0v) is 11.5. The molecule has 0 aromatic heterocycles. The summed E-state index contributed by atoms with van der Waals surface area (Å²) >= 11 is 19.1. The van der Waals surface area contributed by atoms with Crippen molar-refractivity contribution >= 4 is 75.3 Å². The average molecular weight is 408 g/mol. The lowest BCUT2D eigenvalue weighted by atomic mass is 10.4. The Bertz CT molecular complexity index is 79.1. The Morgan fingerprint density at radius 1 is 1.44 bits per heavy atom. The van der Waals surface area contributed by atoms with Crippen molar-refractivity contribution < 1.29 is 0 Å². The van der Waals surface area contributed by atoms with E-state index in [4.69, 9.17) is 11.6 Å². The molecule has 0 aliphatic heterocycles. The molecular weight excluding hydrogens is 403 g/mol. The molecule has 0 fully saturated rings. The quantitative estimate of drug-likeness (QED) is 0.614. The minimum atomic E-state index is -0.506. The lowest BCUT2D eigenvalue weighted by Gasteiger charge is -2.17. The highest BCUT2D eigenvalue weighted by atomic mass is 79.9. The zero-order chi connectivity index (χ0) is 7.49. The minimum absolute atomic E-state index is 0.228. The Balaban J connectivity index is 3.59. The van der Waals surface area contributed by atoms with Crippen LogP contribution in [0.1, 0.15) is 6.42 Å². The highest BCUT2D eigenvalue weighted by molar-refractivity contribution is 9.27. The molecule has 1 unspecified atom stereocenters. The van der Waals surface area contributed by atoms with Gasteiger partial charge in [0.15, 0.2) is 2.69 Å². The fraction of sp³-hybridized carbons (Fsp3) is 1.00. The topological polar surface area (TPSA) is 0 Å². The number of hydrogen-bond acceptors (Lipinski definition) is 0. The van der Waals surface area contributed by atoms with Gasteiger partial charge in [0.25, 0.3) is 0 Å². The predicted molar refractivity (Wildman–Crippen MR) is 57.6 cm³/mol. The molecule has 0 heterocycles. The second kappa shape index (κ2) is 4.96. The van der Waals surface area contributed by atoms with Crippen LogP contribution in [0.15, 0.2) is 0 Å². The van der Waals surface area contributed by atoms with Crippen LogP contribution in [0.3, 0.4) is 0 Å². The maximum Gasteiger partial charge on any atom is 0.165 e. The maximum atomic E-state index is 5.83. The normalized spacial score (nSPS) is 15.7. The molecule has 9 heavy (non-hydrogen) atoms. The Morgan fingerprint density at radius 3 is 2.00 bits per heavy atom. The predicted octanol–water partition coefficient (Wildman–Crippen LogP) is 4.22. The summed E-state index contributed by atoms with van der Waals surface area (Å²) in [4.78, 5) is 0.228. The van der Waals surface area contributed by atoms with Crippen molar-refractivity contribution in [2.45, 2.75) is 13.9 Å². The van der Waals surface area contributed by atoms with Gasteiger partial charge >= 0.3 is 0 Å². The van der Waals surface area contributed by atoms with Crippen molar-refractivity contribution in [1.82, 2.24) is 0 Å². The summed E-state index contributed by atoms with van der Waals surface area (Å²) < 4.78 is -0.506. The van der Waals surface area contributed by atoms with E-state index in [9.17, 15) is 0 Å². The molecule has 5 heteroatoms. The number of alkyl halides is 5. The molecular formula is C4H5Br4Cl. The molecule has 0 amide bonds. The van der Waals surface area contributed by atoms with Crippen LogP contribution in [0, 0.1) is 0 Å². The van der Waals surface area contributed by atoms with Gasteiger partial charge in [0, 0.05) is 5.33 Å². The molecule has 0 saturated heterocycles. The molecule has 0 aromatic rings. The first-order valence-electron chi connectivity index (χ1n) is 2.25. The van der Waals surface area contributed by atoms with Crippen LogP contribution in [0.4, 0.5) is 0 Å². The third kappa shape index (κ3) is 5.48. The van der Waals surface area contributed by atoms with E-state index in [1.54, 1.807) is 0 Å². The third-order valence-corrected chi connectivity index (χ3v) is 5.18. The summed E-state index contributed by atoms with van der Waals surface area (Å²) in [5.41, 5.74) is 0. The van der Waals surface area contributed by atoms with E-state index in [0.717, 1.165) is 11.8 Å². The Kier molecular flexibility index (Phi) is 6.18. The van der Waals surface area contributed by atoms with Gasteiger partial charge in [-0.15, -0.1) is 0 Å². The van der Waals surface area contributed by atoms with Crippen LogP contribution in [0.5, 0.6) is 0 Å². The Hall–Kier alpha value is 2.21. The molecule has 0 aromatic carbocycles. The fourth-order valence-corrected chi connectivity index (χ4v) is 2.13. The van der Waals surface area contributed by atoms with Crippen molar-refractivity contribution in [3.8, 4) is 0 Å². The van der Waals surface area contributed by atoms with Gasteiger partial charge in [0.2, 0.25) is 0 Å². The summed E-state index contributed by atoms with van der Waals surface area (Å²) in [5, 5.41) is 0.939. The van der Waals surface area contributed by atoms with E-state index in [1.165, 1.54) is 0 Å². The Morgan fingerprint density at radius 2 is 1.89 bits per heavy atom. The van der Waals surface area contributed by atoms with E-state index in [-0.39, 0.29) is 4.83 Å². The van der Waals surface area contributed by atoms with E-state index < -0.39 is 2.69 Å². The Labute approximate surface area is 93.6 Å². The van der Waals surface area contributed by atoms with Crippen LogP contribution in [0.2, 0.25) is 0 Å². The second-order valence-electron chi connectivity index (χ2n) is 1.49. The highest BCUT2D eigenvalue weighted by Crippen LogP contribution is 2.40. The summed E-state index contributed by atoms with van der Waals surface area (Å²) in [5.74, 6) is 0. The van der Waals surface area contributed by atoms with E-state index in [1.807, 2.05) is 0 Å². The molecule has 0 aliphatic carbocycles. The maximum absolute atomic E-state index is 5.83. The summed E-state index contributed by atoms with van der Waals surface area (Å²) in [6.07, 6.45) is 0.972. The number of hydrogen-bond donors (Lipinski definition) is 0. The first kappa shape index (κ1) is 11.2. The van der Waals surface area contributed by atoms with Gasteiger partial charge in [0.1, 0.15) is 0 Å². The SMILES string of the molecule is ClC(Br)(Br)C(Br)CCBr. The van der Waals surface area contributed by atoms with Gasteiger partial charge in [-0.2, -0.15) is 0 Å². The van der Waals surface area contributed by atoms with Gasteiger partial charge in [-0.1, -0.05) is 75.3 Å². The van der Waals surface area contributed by atoms with Crippen molar-refractivity contribution in [2.75, 3.05) is 5.33 Å². The summed E-state index contributed by atoms with van der Waals surface area (Å²) in [6, 6.07) is 0. The van der Waals surface area contributed by atoms with Crippen LogP contribution in [0.25, 0.3) is 0 Å². The van der Waals surface area contributed by atoms with Gasteiger partial charge in [-0.05, 0) is 6.42 Å². The van der Waals surface area contributed by atoms with Crippen molar-refractivity contribution in [2.24, 2.45) is 0 Å². The third-order valence-electron chi connectivity index (χ3n) is 0.718. The number of halogens is 5. The molecule has 0 spiro atoms. The van der Waals surface area contributed by atoms with E-state index in [0.29, 0.717) is 0 Å².